The molecule has 2 bridgehead atoms. The van der Waals surface area contributed by atoms with Crippen LogP contribution >= 0.6 is 0 Å². The highest BCUT2D eigenvalue weighted by molar-refractivity contribution is 7.88. The largest absolute Gasteiger partial charge is 0.449 e. The van der Waals surface area contributed by atoms with Gasteiger partial charge in [0.15, 0.2) is 0 Å². The fourth-order valence-corrected chi connectivity index (χ4v) is 5.23. The maximum absolute atomic E-state index is 12.8. The second-order valence-electron chi connectivity index (χ2n) is 7.83. The lowest BCUT2D eigenvalue weighted by atomic mass is 9.90. The van der Waals surface area contributed by atoms with E-state index < -0.39 is 10.0 Å². The first kappa shape index (κ1) is 19.9. The van der Waals surface area contributed by atoms with Gasteiger partial charge < -0.3 is 9.64 Å². The average Bonchev–Trinajstić information content (AvgIpc) is 2.68. The molecule has 0 aromatic heterocycles. The molecule has 154 valence electrons. The fraction of sp³-hybridized carbons (Fsp3) is 0.409. The van der Waals surface area contributed by atoms with Crippen molar-refractivity contribution >= 4 is 16.1 Å². The number of carbonyl (C=O) groups excluding carboxylic acids is 1. The van der Waals surface area contributed by atoms with Gasteiger partial charge in [0.25, 0.3) is 0 Å². The Morgan fingerprint density at radius 1 is 1.14 bits per heavy atom. The third kappa shape index (κ3) is 4.62. The first-order valence-electron chi connectivity index (χ1n) is 9.98. The molecule has 1 fully saturated rings. The molecular weight excluding hydrogens is 388 g/mol. The second-order valence-corrected chi connectivity index (χ2v) is 9.61. The summed E-state index contributed by atoms with van der Waals surface area (Å²) in [6, 6.07) is 15.9. The van der Waals surface area contributed by atoms with E-state index in [0.717, 1.165) is 34.9 Å². The van der Waals surface area contributed by atoms with E-state index in [2.05, 4.69) is 29.0 Å². The molecule has 4 rings (SSSR count). The number of cyclic esters (lactones) is 1. The zero-order chi connectivity index (χ0) is 20.4. The van der Waals surface area contributed by atoms with E-state index in [0.29, 0.717) is 32.4 Å². The predicted molar refractivity (Wildman–Crippen MR) is 112 cm³/mol. The normalized spacial score (nSPS) is 22.5. The van der Waals surface area contributed by atoms with Gasteiger partial charge in [-0.15, -0.1) is 0 Å². The molecule has 2 aromatic carbocycles. The first-order valence-corrected chi connectivity index (χ1v) is 11.9. The summed E-state index contributed by atoms with van der Waals surface area (Å²) < 4.78 is 32.1. The van der Waals surface area contributed by atoms with Crippen molar-refractivity contribution in [1.29, 1.82) is 0 Å². The third-order valence-electron chi connectivity index (χ3n) is 5.68. The molecule has 2 aromatic rings. The van der Waals surface area contributed by atoms with Crippen LogP contribution in [-0.4, -0.2) is 50.9 Å². The number of carbonyl (C=O) groups is 1. The zero-order valence-electron chi connectivity index (χ0n) is 16.5. The van der Waals surface area contributed by atoms with E-state index in [1.165, 1.54) is 0 Å². The SMILES string of the molecule is CS(=O)(=O)NC1CCCN2C(=O)OCCc3ccccc3-c3cccc(c3)CC12. The van der Waals surface area contributed by atoms with Crippen LogP contribution in [0, 0.1) is 0 Å². The molecule has 1 amide bonds. The Morgan fingerprint density at radius 3 is 2.79 bits per heavy atom. The van der Waals surface area contributed by atoms with Gasteiger partial charge >= 0.3 is 6.09 Å². The molecule has 0 spiro atoms. The van der Waals surface area contributed by atoms with Gasteiger partial charge in [0, 0.05) is 19.0 Å². The van der Waals surface area contributed by atoms with Gasteiger partial charge in [0.05, 0.1) is 18.9 Å². The van der Waals surface area contributed by atoms with Crippen LogP contribution in [-0.2, 0) is 27.6 Å². The summed E-state index contributed by atoms with van der Waals surface area (Å²) >= 11 is 0. The van der Waals surface area contributed by atoms with Crippen LogP contribution in [0.3, 0.4) is 0 Å². The molecule has 0 radical (unpaired) electrons. The highest BCUT2D eigenvalue weighted by Crippen LogP contribution is 2.29. The summed E-state index contributed by atoms with van der Waals surface area (Å²) in [5.74, 6) is 0. The van der Waals surface area contributed by atoms with Gasteiger partial charge in [0.2, 0.25) is 10.0 Å². The maximum Gasteiger partial charge on any atom is 0.410 e. The highest BCUT2D eigenvalue weighted by atomic mass is 32.2. The number of sulfonamides is 1. The molecule has 6 nitrogen and oxygen atoms in total. The molecule has 1 N–H and O–H groups in total. The van der Waals surface area contributed by atoms with Gasteiger partial charge in [-0.3, -0.25) is 0 Å². The van der Waals surface area contributed by atoms with Gasteiger partial charge in [-0.05, 0) is 41.5 Å². The van der Waals surface area contributed by atoms with E-state index in [-0.39, 0.29) is 18.2 Å². The van der Waals surface area contributed by atoms with Crippen LogP contribution in [0.1, 0.15) is 24.0 Å². The number of benzene rings is 2. The lowest BCUT2D eigenvalue weighted by molar-refractivity contribution is 0.0652. The molecule has 7 heteroatoms. The van der Waals surface area contributed by atoms with E-state index in [9.17, 15) is 13.2 Å². The number of hydrogen-bond acceptors (Lipinski definition) is 4. The van der Waals surface area contributed by atoms with Crippen molar-refractivity contribution in [1.82, 2.24) is 9.62 Å². The third-order valence-corrected chi connectivity index (χ3v) is 6.41. The number of ether oxygens (including phenoxy) is 1. The number of fused-ring (bicyclic) bond motifs is 5. The minimum atomic E-state index is -3.38. The van der Waals surface area contributed by atoms with Crippen molar-refractivity contribution in [3.05, 3.63) is 59.7 Å². The Morgan fingerprint density at radius 2 is 1.97 bits per heavy atom. The molecule has 2 heterocycles. The summed E-state index contributed by atoms with van der Waals surface area (Å²) in [7, 11) is -3.38. The highest BCUT2D eigenvalue weighted by Gasteiger charge is 2.36. The van der Waals surface area contributed by atoms with Crippen LogP contribution in [0.25, 0.3) is 11.1 Å². The summed E-state index contributed by atoms with van der Waals surface area (Å²) in [5.41, 5.74) is 4.48. The lowest BCUT2D eigenvalue weighted by Gasteiger charge is -2.41. The molecule has 0 aliphatic carbocycles. The molecule has 29 heavy (non-hydrogen) atoms. The molecule has 2 atom stereocenters. The van der Waals surface area contributed by atoms with Crippen molar-refractivity contribution in [2.45, 2.75) is 37.8 Å². The minimum Gasteiger partial charge on any atom is -0.449 e. The van der Waals surface area contributed by atoms with Gasteiger partial charge in [-0.2, -0.15) is 0 Å². The summed E-state index contributed by atoms with van der Waals surface area (Å²) in [6.07, 6.45) is 3.43. The van der Waals surface area contributed by atoms with Crippen molar-refractivity contribution < 1.29 is 17.9 Å². The number of nitrogens with zero attached hydrogens (tertiary/aromatic N) is 1. The predicted octanol–water partition coefficient (Wildman–Crippen LogP) is 2.97. The van der Waals surface area contributed by atoms with Gasteiger partial charge in [-0.1, -0.05) is 48.5 Å². The van der Waals surface area contributed by atoms with Gasteiger partial charge in [-0.25, -0.2) is 17.9 Å². The molecule has 2 aliphatic heterocycles. The molecular formula is C22H26N2O4S. The van der Waals surface area contributed by atoms with E-state index >= 15 is 0 Å². The molecule has 1 saturated heterocycles. The van der Waals surface area contributed by atoms with E-state index in [1.54, 1.807) is 4.90 Å². The summed E-state index contributed by atoms with van der Waals surface area (Å²) in [4.78, 5) is 14.5. The van der Waals surface area contributed by atoms with Crippen molar-refractivity contribution in [2.24, 2.45) is 0 Å². The van der Waals surface area contributed by atoms with Crippen LogP contribution in [0.2, 0.25) is 0 Å². The fourth-order valence-electron chi connectivity index (χ4n) is 4.41. The van der Waals surface area contributed by atoms with Crippen LogP contribution < -0.4 is 4.72 Å². The monoisotopic (exact) mass is 414 g/mol. The Balaban J connectivity index is 1.75. The standard InChI is InChI=1S/C22H26N2O4S/c1-29(26,27)23-20-10-5-12-24-21(20)15-16-6-4-8-18(14-16)19-9-3-2-7-17(19)11-13-28-22(24)25/h2-4,6-9,14,20-21,23H,5,10-13,15H2,1H3. The number of amides is 1. The quantitative estimate of drug-likeness (QED) is 0.820. The Hall–Kier alpha value is -2.38. The van der Waals surface area contributed by atoms with Crippen LogP contribution in [0.15, 0.2) is 48.5 Å². The average molecular weight is 415 g/mol. The van der Waals surface area contributed by atoms with Crippen molar-refractivity contribution in [3.8, 4) is 11.1 Å². The number of piperidine rings is 1. The van der Waals surface area contributed by atoms with E-state index in [1.807, 2.05) is 24.3 Å². The minimum absolute atomic E-state index is 0.282. The summed E-state index contributed by atoms with van der Waals surface area (Å²) in [5, 5.41) is 0. The first-order chi connectivity index (χ1) is 13.9. The molecule has 2 unspecified atom stereocenters. The molecule has 2 aliphatic rings. The smallest absolute Gasteiger partial charge is 0.410 e. The van der Waals surface area contributed by atoms with E-state index in [4.69, 9.17) is 4.74 Å². The second kappa shape index (κ2) is 8.16. The topological polar surface area (TPSA) is 75.7 Å². The van der Waals surface area contributed by atoms with Crippen LogP contribution in [0.5, 0.6) is 0 Å². The Kier molecular flexibility index (Phi) is 5.61. The lowest BCUT2D eigenvalue weighted by Crippen LogP contribution is -2.57. The number of nitrogens with one attached hydrogen (secondary N) is 1. The van der Waals surface area contributed by atoms with Crippen LogP contribution in [0.4, 0.5) is 4.79 Å². The Labute approximate surface area is 171 Å². The molecule has 0 saturated carbocycles. The number of hydrogen-bond donors (Lipinski definition) is 1. The zero-order valence-corrected chi connectivity index (χ0v) is 17.3. The van der Waals surface area contributed by atoms with Crippen molar-refractivity contribution in [2.75, 3.05) is 19.4 Å². The Bertz CT molecular complexity index is 1010. The summed E-state index contributed by atoms with van der Waals surface area (Å²) in [6.45, 7) is 0.866. The van der Waals surface area contributed by atoms with Crippen molar-refractivity contribution in [3.63, 3.8) is 0 Å². The maximum atomic E-state index is 12.8. The van der Waals surface area contributed by atoms with Gasteiger partial charge in [0.1, 0.15) is 0 Å². The number of rotatable bonds is 2.